The summed E-state index contributed by atoms with van der Waals surface area (Å²) < 4.78 is 0. The van der Waals surface area contributed by atoms with E-state index in [-0.39, 0.29) is 5.91 Å². The number of carbonyl (C=O) groups excluding carboxylic acids is 1. The molecular formula is C25H29N3O. The van der Waals surface area contributed by atoms with Gasteiger partial charge in [-0.25, -0.2) is 0 Å². The highest BCUT2D eigenvalue weighted by molar-refractivity contribution is 5.96. The van der Waals surface area contributed by atoms with Gasteiger partial charge in [-0.15, -0.1) is 0 Å². The number of piperazine rings is 1. The molecule has 150 valence electrons. The second-order valence-electron chi connectivity index (χ2n) is 7.79. The van der Waals surface area contributed by atoms with Crippen molar-refractivity contribution >= 4 is 28.1 Å². The maximum Gasteiger partial charge on any atom is 0.228 e. The van der Waals surface area contributed by atoms with Crippen molar-refractivity contribution in [2.75, 3.05) is 42.9 Å². The zero-order chi connectivity index (χ0) is 20.2. The van der Waals surface area contributed by atoms with E-state index in [9.17, 15) is 4.79 Å². The highest BCUT2D eigenvalue weighted by Gasteiger charge is 2.17. The third kappa shape index (κ3) is 4.43. The largest absolute Gasteiger partial charge is 0.369 e. The lowest BCUT2D eigenvalue weighted by Crippen LogP contribution is -2.46. The normalized spacial score (nSPS) is 14.9. The van der Waals surface area contributed by atoms with Gasteiger partial charge in [-0.05, 0) is 53.6 Å². The van der Waals surface area contributed by atoms with E-state index in [1.807, 2.05) is 30.3 Å². The van der Waals surface area contributed by atoms with Crippen LogP contribution in [0, 0.1) is 6.92 Å². The first-order chi connectivity index (χ1) is 14.1. The van der Waals surface area contributed by atoms with Crippen LogP contribution in [-0.2, 0) is 11.2 Å². The summed E-state index contributed by atoms with van der Waals surface area (Å²) in [5.41, 5.74) is 4.40. The van der Waals surface area contributed by atoms with Crippen LogP contribution in [0.25, 0.3) is 10.8 Å². The van der Waals surface area contributed by atoms with Crippen LogP contribution < -0.4 is 10.2 Å². The van der Waals surface area contributed by atoms with Crippen LogP contribution in [0.3, 0.4) is 0 Å². The number of nitrogens with zero attached hydrogens (tertiary/aromatic N) is 2. The second-order valence-corrected chi connectivity index (χ2v) is 7.79. The fourth-order valence-corrected chi connectivity index (χ4v) is 4.22. The van der Waals surface area contributed by atoms with Crippen LogP contribution in [0.5, 0.6) is 0 Å². The fraction of sp³-hybridized carbons (Fsp3) is 0.320. The second kappa shape index (κ2) is 8.66. The molecule has 0 saturated carbocycles. The Morgan fingerprint density at radius 2 is 1.72 bits per heavy atom. The van der Waals surface area contributed by atoms with Crippen molar-refractivity contribution in [3.8, 4) is 0 Å². The van der Waals surface area contributed by atoms with Gasteiger partial charge in [0.2, 0.25) is 5.91 Å². The van der Waals surface area contributed by atoms with Gasteiger partial charge in [0.15, 0.2) is 0 Å². The van der Waals surface area contributed by atoms with Gasteiger partial charge in [-0.3, -0.25) is 4.79 Å². The predicted molar refractivity (Wildman–Crippen MR) is 122 cm³/mol. The molecule has 1 fully saturated rings. The van der Waals surface area contributed by atoms with E-state index in [4.69, 9.17) is 0 Å². The van der Waals surface area contributed by atoms with E-state index >= 15 is 0 Å². The van der Waals surface area contributed by atoms with Crippen LogP contribution >= 0.6 is 0 Å². The summed E-state index contributed by atoms with van der Waals surface area (Å²) in [7, 11) is 0. The number of amides is 1. The lowest BCUT2D eigenvalue weighted by Gasteiger charge is -2.36. The molecule has 0 radical (unpaired) electrons. The van der Waals surface area contributed by atoms with Gasteiger partial charge < -0.3 is 15.1 Å². The first-order valence-electron chi connectivity index (χ1n) is 10.5. The number of aryl methyl sites for hydroxylation is 1. The molecule has 0 aromatic heterocycles. The number of fused-ring (bicyclic) bond motifs is 1. The predicted octanol–water partition coefficient (Wildman–Crippen LogP) is 4.47. The van der Waals surface area contributed by atoms with Crippen LogP contribution in [0.15, 0.2) is 60.7 Å². The number of hydrogen-bond donors (Lipinski definition) is 1. The zero-order valence-corrected chi connectivity index (χ0v) is 17.3. The molecule has 0 spiro atoms. The highest BCUT2D eigenvalue weighted by Crippen LogP contribution is 2.25. The van der Waals surface area contributed by atoms with Gasteiger partial charge in [-0.2, -0.15) is 0 Å². The van der Waals surface area contributed by atoms with E-state index in [0.717, 1.165) is 49.4 Å². The first kappa shape index (κ1) is 19.5. The molecule has 1 amide bonds. The number of likely N-dealkylation sites (N-methyl/N-ethyl adjacent to an activating group) is 1. The van der Waals surface area contributed by atoms with Crippen molar-refractivity contribution in [3.63, 3.8) is 0 Å². The number of nitrogens with one attached hydrogen (secondary N) is 1. The molecule has 29 heavy (non-hydrogen) atoms. The van der Waals surface area contributed by atoms with Crippen LogP contribution in [-0.4, -0.2) is 43.5 Å². The minimum Gasteiger partial charge on any atom is -0.369 e. The minimum atomic E-state index is 0.0186. The van der Waals surface area contributed by atoms with E-state index in [0.29, 0.717) is 6.42 Å². The Bertz CT molecular complexity index is 1000. The van der Waals surface area contributed by atoms with Crippen molar-refractivity contribution in [1.29, 1.82) is 0 Å². The quantitative estimate of drug-likeness (QED) is 0.702. The third-order valence-corrected chi connectivity index (χ3v) is 5.87. The number of hydrogen-bond acceptors (Lipinski definition) is 3. The zero-order valence-electron chi connectivity index (χ0n) is 17.3. The topological polar surface area (TPSA) is 35.6 Å². The molecule has 4 heteroatoms. The molecule has 3 aromatic carbocycles. The van der Waals surface area contributed by atoms with Crippen molar-refractivity contribution in [3.05, 3.63) is 71.8 Å². The van der Waals surface area contributed by atoms with Crippen molar-refractivity contribution in [2.24, 2.45) is 0 Å². The molecule has 1 heterocycles. The molecule has 0 aliphatic carbocycles. The number of rotatable bonds is 5. The van der Waals surface area contributed by atoms with Gasteiger partial charge in [0.1, 0.15) is 0 Å². The lowest BCUT2D eigenvalue weighted by molar-refractivity contribution is -0.115. The van der Waals surface area contributed by atoms with Crippen molar-refractivity contribution < 1.29 is 4.79 Å². The third-order valence-electron chi connectivity index (χ3n) is 5.87. The molecule has 1 saturated heterocycles. The maximum absolute atomic E-state index is 12.7. The van der Waals surface area contributed by atoms with Crippen molar-refractivity contribution in [1.82, 2.24) is 4.90 Å². The summed E-state index contributed by atoms with van der Waals surface area (Å²) in [5.74, 6) is 0.0186. The molecule has 4 rings (SSSR count). The van der Waals surface area contributed by atoms with Gasteiger partial charge >= 0.3 is 0 Å². The molecule has 1 aliphatic heterocycles. The Labute approximate surface area is 173 Å². The highest BCUT2D eigenvalue weighted by atomic mass is 16.1. The number of benzene rings is 3. The Morgan fingerprint density at radius 1 is 0.966 bits per heavy atom. The maximum atomic E-state index is 12.7. The molecule has 0 unspecified atom stereocenters. The molecule has 1 N–H and O–H groups in total. The van der Waals surface area contributed by atoms with Gasteiger partial charge in [0.25, 0.3) is 0 Å². The molecule has 3 aromatic rings. The molecule has 4 nitrogen and oxygen atoms in total. The Kier molecular flexibility index (Phi) is 5.81. The average Bonchev–Trinajstić information content (AvgIpc) is 2.74. The van der Waals surface area contributed by atoms with E-state index in [2.05, 4.69) is 59.3 Å². The van der Waals surface area contributed by atoms with Gasteiger partial charge in [0.05, 0.1) is 6.42 Å². The smallest absolute Gasteiger partial charge is 0.228 e. The molecule has 0 atom stereocenters. The number of carbonyl (C=O) groups is 1. The average molecular weight is 388 g/mol. The minimum absolute atomic E-state index is 0.0186. The fourth-order valence-electron chi connectivity index (χ4n) is 4.22. The SMILES string of the molecule is CCN1CCN(c2ccc(NC(=O)Cc3cccc4ccccc34)cc2C)CC1. The Balaban J connectivity index is 1.43. The molecule has 0 bridgehead atoms. The van der Waals surface area contributed by atoms with Crippen LogP contribution in [0.1, 0.15) is 18.1 Å². The summed E-state index contributed by atoms with van der Waals surface area (Å²) >= 11 is 0. The summed E-state index contributed by atoms with van der Waals surface area (Å²) in [6, 6.07) is 20.6. The summed E-state index contributed by atoms with van der Waals surface area (Å²) in [6.07, 6.45) is 0.376. The van der Waals surface area contributed by atoms with Gasteiger partial charge in [0, 0.05) is 37.6 Å². The monoisotopic (exact) mass is 387 g/mol. The molecular weight excluding hydrogens is 358 g/mol. The first-order valence-corrected chi connectivity index (χ1v) is 10.5. The lowest BCUT2D eigenvalue weighted by atomic mass is 10.0. The van der Waals surface area contributed by atoms with Crippen LogP contribution in [0.2, 0.25) is 0 Å². The number of anilines is 2. The van der Waals surface area contributed by atoms with Crippen molar-refractivity contribution in [2.45, 2.75) is 20.3 Å². The summed E-state index contributed by atoms with van der Waals surface area (Å²) in [4.78, 5) is 17.6. The van der Waals surface area contributed by atoms with E-state index < -0.39 is 0 Å². The van der Waals surface area contributed by atoms with Gasteiger partial charge in [-0.1, -0.05) is 49.4 Å². The Morgan fingerprint density at radius 3 is 2.48 bits per heavy atom. The Hall–Kier alpha value is -2.85. The summed E-state index contributed by atoms with van der Waals surface area (Å²) in [6.45, 7) is 9.80. The standard InChI is InChI=1S/C25H29N3O/c1-3-27-13-15-28(16-14-27)24-12-11-22(17-19(24)2)26-25(29)18-21-9-6-8-20-7-4-5-10-23(20)21/h4-12,17H,3,13-16,18H2,1-2H3,(H,26,29). The summed E-state index contributed by atoms with van der Waals surface area (Å²) in [5, 5.41) is 5.39. The molecule has 1 aliphatic rings. The van der Waals surface area contributed by atoms with E-state index in [1.165, 1.54) is 16.6 Å². The van der Waals surface area contributed by atoms with Crippen LogP contribution in [0.4, 0.5) is 11.4 Å². The van der Waals surface area contributed by atoms with E-state index in [1.54, 1.807) is 0 Å².